The lowest BCUT2D eigenvalue weighted by molar-refractivity contribution is -0.115. The number of carbonyl (C=O) groups excluding carboxylic acids is 1. The zero-order valence-corrected chi connectivity index (χ0v) is 13.8. The van der Waals surface area contributed by atoms with Crippen LogP contribution in [-0.2, 0) is 4.79 Å². The van der Waals surface area contributed by atoms with Gasteiger partial charge in [-0.05, 0) is 29.8 Å². The number of benzene rings is 2. The van der Waals surface area contributed by atoms with Crippen LogP contribution in [-0.4, -0.2) is 12.9 Å². The van der Waals surface area contributed by atoms with Gasteiger partial charge in [0.05, 0.1) is 18.8 Å². The van der Waals surface area contributed by atoms with Crippen LogP contribution in [0.3, 0.4) is 0 Å². The van der Waals surface area contributed by atoms with E-state index in [0.29, 0.717) is 6.42 Å². The fourth-order valence-corrected chi connectivity index (χ4v) is 3.27. The molecule has 1 atom stereocenters. The maximum atomic E-state index is 11.9. The van der Waals surface area contributed by atoms with Crippen LogP contribution in [0.1, 0.15) is 18.0 Å². The summed E-state index contributed by atoms with van der Waals surface area (Å²) in [4.78, 5) is 14.0. The molecule has 0 saturated heterocycles. The SMILES string of the molecule is COc1ccccc1N1C=CC(=O)C[C@@H]1c1ccccc1Br. The number of ketones is 1. The van der Waals surface area contributed by atoms with Crippen molar-refractivity contribution in [2.45, 2.75) is 12.5 Å². The van der Waals surface area contributed by atoms with Gasteiger partial charge in [-0.2, -0.15) is 0 Å². The number of nitrogens with zero attached hydrogens (tertiary/aromatic N) is 1. The Morgan fingerprint density at radius 1 is 1.14 bits per heavy atom. The third kappa shape index (κ3) is 2.79. The van der Waals surface area contributed by atoms with Gasteiger partial charge < -0.3 is 9.64 Å². The van der Waals surface area contributed by atoms with E-state index in [0.717, 1.165) is 21.5 Å². The summed E-state index contributed by atoms with van der Waals surface area (Å²) in [5.74, 6) is 0.922. The van der Waals surface area contributed by atoms with E-state index in [1.54, 1.807) is 13.2 Å². The van der Waals surface area contributed by atoms with Crippen LogP contribution in [0.15, 0.2) is 65.3 Å². The highest BCUT2D eigenvalue weighted by Crippen LogP contribution is 2.40. The largest absolute Gasteiger partial charge is 0.495 e. The second-order valence-electron chi connectivity index (χ2n) is 5.10. The maximum absolute atomic E-state index is 11.9. The number of hydrogen-bond donors (Lipinski definition) is 0. The summed E-state index contributed by atoms with van der Waals surface area (Å²) in [6, 6.07) is 15.8. The van der Waals surface area contributed by atoms with Gasteiger partial charge in [-0.3, -0.25) is 4.79 Å². The van der Waals surface area contributed by atoms with E-state index >= 15 is 0 Å². The molecule has 1 heterocycles. The molecular weight excluding hydrogens is 342 g/mol. The number of rotatable bonds is 3. The van der Waals surface area contributed by atoms with E-state index in [2.05, 4.69) is 20.8 Å². The standard InChI is InChI=1S/C18H16BrNO2/c1-22-18-9-5-4-8-16(18)20-11-10-13(21)12-17(20)14-6-2-3-7-15(14)19/h2-11,17H,12H2,1H3/t17-/m1/s1. The average molecular weight is 358 g/mol. The van der Waals surface area contributed by atoms with Crippen molar-refractivity contribution in [2.24, 2.45) is 0 Å². The number of allylic oxidation sites excluding steroid dienone is 1. The van der Waals surface area contributed by atoms with Crippen LogP contribution >= 0.6 is 15.9 Å². The van der Waals surface area contributed by atoms with Crippen LogP contribution in [0, 0.1) is 0 Å². The molecule has 3 rings (SSSR count). The Balaban J connectivity index is 2.09. The van der Waals surface area contributed by atoms with Crippen LogP contribution in [0.2, 0.25) is 0 Å². The molecule has 0 aliphatic carbocycles. The Hall–Kier alpha value is -2.07. The van der Waals surface area contributed by atoms with E-state index in [9.17, 15) is 4.79 Å². The normalized spacial score (nSPS) is 17.6. The Kier molecular flexibility index (Phi) is 4.29. The molecule has 2 aromatic rings. The first kappa shape index (κ1) is 14.9. The molecule has 112 valence electrons. The number of para-hydroxylation sites is 2. The van der Waals surface area contributed by atoms with Crippen molar-refractivity contribution in [3.8, 4) is 5.75 Å². The molecule has 0 aromatic heterocycles. The molecule has 0 spiro atoms. The predicted molar refractivity (Wildman–Crippen MR) is 91.1 cm³/mol. The lowest BCUT2D eigenvalue weighted by Gasteiger charge is -2.34. The Morgan fingerprint density at radius 2 is 1.86 bits per heavy atom. The van der Waals surface area contributed by atoms with Crippen molar-refractivity contribution >= 4 is 27.4 Å². The number of ether oxygens (including phenoxy) is 1. The van der Waals surface area contributed by atoms with Gasteiger partial charge in [0.15, 0.2) is 5.78 Å². The first-order valence-electron chi connectivity index (χ1n) is 7.07. The summed E-state index contributed by atoms with van der Waals surface area (Å²) in [5, 5.41) is 0. The third-order valence-corrected chi connectivity index (χ3v) is 4.50. The zero-order chi connectivity index (χ0) is 15.5. The Labute approximate surface area is 138 Å². The molecule has 2 aromatic carbocycles. The van der Waals surface area contributed by atoms with E-state index in [4.69, 9.17) is 4.74 Å². The molecule has 1 aliphatic heterocycles. The molecule has 22 heavy (non-hydrogen) atoms. The lowest BCUT2D eigenvalue weighted by Crippen LogP contribution is -2.29. The van der Waals surface area contributed by atoms with Gasteiger partial charge in [0.25, 0.3) is 0 Å². The molecule has 4 heteroatoms. The fourth-order valence-electron chi connectivity index (χ4n) is 2.72. The quantitative estimate of drug-likeness (QED) is 0.810. The Bertz CT molecular complexity index is 727. The minimum Gasteiger partial charge on any atom is -0.495 e. The summed E-state index contributed by atoms with van der Waals surface area (Å²) in [6.45, 7) is 0. The third-order valence-electron chi connectivity index (χ3n) is 3.78. The minimum atomic E-state index is -0.0515. The van der Waals surface area contributed by atoms with Crippen molar-refractivity contribution < 1.29 is 9.53 Å². The molecule has 0 radical (unpaired) electrons. The number of anilines is 1. The molecule has 0 fully saturated rings. The molecule has 0 amide bonds. The molecule has 0 saturated carbocycles. The van der Waals surface area contributed by atoms with E-state index in [1.807, 2.05) is 54.7 Å². The molecule has 1 aliphatic rings. The predicted octanol–water partition coefficient (Wildman–Crippen LogP) is 4.49. The van der Waals surface area contributed by atoms with Gasteiger partial charge in [-0.15, -0.1) is 0 Å². The summed E-state index contributed by atoms with van der Waals surface area (Å²) >= 11 is 3.59. The van der Waals surface area contributed by atoms with Gasteiger partial charge in [-0.25, -0.2) is 0 Å². The lowest BCUT2D eigenvalue weighted by atomic mass is 9.96. The second kappa shape index (κ2) is 6.36. The van der Waals surface area contributed by atoms with Crippen molar-refractivity contribution in [1.29, 1.82) is 0 Å². The monoisotopic (exact) mass is 357 g/mol. The van der Waals surface area contributed by atoms with Crippen molar-refractivity contribution in [3.63, 3.8) is 0 Å². The molecule has 0 N–H and O–H groups in total. The van der Waals surface area contributed by atoms with Gasteiger partial charge in [0.2, 0.25) is 0 Å². The Morgan fingerprint density at radius 3 is 2.64 bits per heavy atom. The molecule has 0 bridgehead atoms. The smallest absolute Gasteiger partial charge is 0.159 e. The van der Waals surface area contributed by atoms with E-state index in [-0.39, 0.29) is 11.8 Å². The van der Waals surface area contributed by atoms with Crippen molar-refractivity contribution in [2.75, 3.05) is 12.0 Å². The highest BCUT2D eigenvalue weighted by atomic mass is 79.9. The topological polar surface area (TPSA) is 29.5 Å². The molecular formula is C18H16BrNO2. The van der Waals surface area contributed by atoms with Crippen LogP contribution in [0.4, 0.5) is 5.69 Å². The second-order valence-corrected chi connectivity index (χ2v) is 5.96. The summed E-state index contributed by atoms with van der Waals surface area (Å²) in [7, 11) is 1.66. The maximum Gasteiger partial charge on any atom is 0.159 e. The van der Waals surface area contributed by atoms with Crippen LogP contribution < -0.4 is 9.64 Å². The molecule has 0 unspecified atom stereocenters. The van der Waals surface area contributed by atoms with Gasteiger partial charge in [0.1, 0.15) is 5.75 Å². The van der Waals surface area contributed by atoms with E-state index < -0.39 is 0 Å². The number of carbonyl (C=O) groups is 1. The minimum absolute atomic E-state index is 0.0515. The van der Waals surface area contributed by atoms with Gasteiger partial charge in [-0.1, -0.05) is 46.3 Å². The summed E-state index contributed by atoms with van der Waals surface area (Å²) in [5.41, 5.74) is 2.04. The van der Waals surface area contributed by atoms with Gasteiger partial charge >= 0.3 is 0 Å². The number of halogens is 1. The van der Waals surface area contributed by atoms with Crippen LogP contribution in [0.5, 0.6) is 5.75 Å². The van der Waals surface area contributed by atoms with Crippen molar-refractivity contribution in [1.82, 2.24) is 0 Å². The first-order valence-corrected chi connectivity index (χ1v) is 7.87. The zero-order valence-electron chi connectivity index (χ0n) is 12.2. The number of methoxy groups -OCH3 is 1. The van der Waals surface area contributed by atoms with E-state index in [1.165, 1.54) is 0 Å². The number of hydrogen-bond acceptors (Lipinski definition) is 3. The van der Waals surface area contributed by atoms with Crippen LogP contribution in [0.25, 0.3) is 0 Å². The highest BCUT2D eigenvalue weighted by Gasteiger charge is 2.28. The summed E-state index contributed by atoms with van der Waals surface area (Å²) in [6.07, 6.45) is 3.91. The molecule has 3 nitrogen and oxygen atoms in total. The first-order chi connectivity index (χ1) is 10.7. The summed E-state index contributed by atoms with van der Waals surface area (Å²) < 4.78 is 6.47. The van der Waals surface area contributed by atoms with Gasteiger partial charge in [0, 0.05) is 17.1 Å². The highest BCUT2D eigenvalue weighted by molar-refractivity contribution is 9.10. The fraction of sp³-hybridized carbons (Fsp3) is 0.167. The average Bonchev–Trinajstić information content (AvgIpc) is 2.55. The van der Waals surface area contributed by atoms with Crippen molar-refractivity contribution in [3.05, 3.63) is 70.8 Å².